The van der Waals surface area contributed by atoms with Crippen LogP contribution in [0.1, 0.15) is 12.8 Å². The molecule has 0 atom stereocenters. The zero-order valence-electron chi connectivity index (χ0n) is 6.36. The van der Waals surface area contributed by atoms with Crippen LogP contribution in [0.2, 0.25) is 0 Å². The van der Waals surface area contributed by atoms with E-state index in [-0.39, 0.29) is 25.0 Å². The highest BCUT2D eigenvalue weighted by atomic mass is 16.4. The van der Waals surface area contributed by atoms with Gasteiger partial charge in [-0.25, -0.2) is 9.59 Å². The van der Waals surface area contributed by atoms with Gasteiger partial charge in [0.1, 0.15) is 0 Å². The van der Waals surface area contributed by atoms with Gasteiger partial charge in [0.2, 0.25) is 0 Å². The molecule has 0 bridgehead atoms. The zero-order chi connectivity index (χ0) is 9.56. The summed E-state index contributed by atoms with van der Waals surface area (Å²) >= 11 is 0. The molecule has 0 saturated heterocycles. The minimum atomic E-state index is -1.29. The molecule has 5 nitrogen and oxygen atoms in total. The van der Waals surface area contributed by atoms with E-state index in [1.54, 1.807) is 0 Å². The van der Waals surface area contributed by atoms with Gasteiger partial charge in [0, 0.05) is 18.3 Å². The van der Waals surface area contributed by atoms with Gasteiger partial charge in [0.25, 0.3) is 0 Å². The minimum absolute atomic E-state index is 0.0676. The molecule has 0 aliphatic carbocycles. The van der Waals surface area contributed by atoms with Gasteiger partial charge in [0.05, 0.1) is 0 Å². The minimum Gasteiger partial charge on any atom is -0.478 e. The topological polar surface area (TPSA) is 94.8 Å². The van der Waals surface area contributed by atoms with Crippen LogP contribution in [0.5, 0.6) is 0 Å². The van der Waals surface area contributed by atoms with Gasteiger partial charge in [-0.15, -0.1) is 0 Å². The molecule has 0 radical (unpaired) electrons. The van der Waals surface area contributed by atoms with Gasteiger partial charge < -0.3 is 15.3 Å². The fourth-order valence-electron chi connectivity index (χ4n) is 0.659. The van der Waals surface area contributed by atoms with E-state index in [9.17, 15) is 9.59 Å². The quantitative estimate of drug-likeness (QED) is 0.504. The van der Waals surface area contributed by atoms with Gasteiger partial charge in [0.15, 0.2) is 0 Å². The van der Waals surface area contributed by atoms with Gasteiger partial charge in [-0.3, -0.25) is 0 Å². The summed E-state index contributed by atoms with van der Waals surface area (Å²) in [5.74, 6) is -2.55. The van der Waals surface area contributed by atoms with Crippen molar-refractivity contribution in [3.05, 3.63) is 11.6 Å². The van der Waals surface area contributed by atoms with Gasteiger partial charge in [-0.05, 0) is 12.8 Å². The lowest BCUT2D eigenvalue weighted by Crippen LogP contribution is -2.04. The molecule has 0 spiro atoms. The third-order valence-corrected chi connectivity index (χ3v) is 1.18. The SMILES string of the molecule is O=C(O)C=C(CCCO)C(=O)O. The first-order valence-electron chi connectivity index (χ1n) is 3.35. The largest absolute Gasteiger partial charge is 0.478 e. The van der Waals surface area contributed by atoms with E-state index in [0.717, 1.165) is 0 Å². The lowest BCUT2D eigenvalue weighted by molar-refractivity contribution is -0.135. The number of aliphatic hydroxyl groups excluding tert-OH is 1. The summed E-state index contributed by atoms with van der Waals surface area (Å²) in [6, 6.07) is 0. The van der Waals surface area contributed by atoms with Gasteiger partial charge in [-0.1, -0.05) is 0 Å². The monoisotopic (exact) mass is 174 g/mol. The van der Waals surface area contributed by atoms with Crippen LogP contribution in [0.3, 0.4) is 0 Å². The molecule has 0 aliphatic heterocycles. The molecule has 68 valence electrons. The first-order valence-corrected chi connectivity index (χ1v) is 3.35. The molecule has 0 saturated carbocycles. The average Bonchev–Trinajstić information content (AvgIpc) is 1.96. The van der Waals surface area contributed by atoms with Crippen LogP contribution in [0.25, 0.3) is 0 Å². The number of aliphatic hydroxyl groups is 1. The first-order chi connectivity index (χ1) is 5.57. The maximum absolute atomic E-state index is 10.3. The van der Waals surface area contributed by atoms with Crippen molar-refractivity contribution in [2.24, 2.45) is 0 Å². The predicted molar refractivity (Wildman–Crippen MR) is 39.7 cm³/mol. The number of hydrogen-bond acceptors (Lipinski definition) is 3. The fourth-order valence-corrected chi connectivity index (χ4v) is 0.659. The Morgan fingerprint density at radius 2 is 1.83 bits per heavy atom. The summed E-state index contributed by atoms with van der Waals surface area (Å²) in [7, 11) is 0. The maximum atomic E-state index is 10.3. The van der Waals surface area contributed by atoms with E-state index >= 15 is 0 Å². The third-order valence-electron chi connectivity index (χ3n) is 1.18. The highest BCUT2D eigenvalue weighted by Crippen LogP contribution is 2.04. The first kappa shape index (κ1) is 10.6. The molecule has 0 rings (SSSR count). The number of aliphatic carboxylic acids is 2. The maximum Gasteiger partial charge on any atom is 0.331 e. The molecular formula is C7H10O5. The van der Waals surface area contributed by atoms with Crippen molar-refractivity contribution in [1.29, 1.82) is 0 Å². The Balaban J connectivity index is 4.23. The molecule has 0 aliphatic rings. The van der Waals surface area contributed by atoms with Crippen molar-refractivity contribution in [2.75, 3.05) is 6.61 Å². The van der Waals surface area contributed by atoms with Crippen molar-refractivity contribution >= 4 is 11.9 Å². The van der Waals surface area contributed by atoms with E-state index < -0.39 is 11.9 Å². The molecule has 0 aromatic heterocycles. The summed E-state index contributed by atoms with van der Waals surface area (Å²) < 4.78 is 0. The second kappa shape index (κ2) is 5.31. The fraction of sp³-hybridized carbons (Fsp3) is 0.429. The van der Waals surface area contributed by atoms with Crippen LogP contribution < -0.4 is 0 Å². The second-order valence-corrected chi connectivity index (χ2v) is 2.14. The summed E-state index contributed by atoms with van der Waals surface area (Å²) in [5, 5.41) is 25.0. The van der Waals surface area contributed by atoms with Crippen LogP contribution >= 0.6 is 0 Å². The Labute approximate surface area is 68.9 Å². The Morgan fingerprint density at radius 1 is 1.25 bits per heavy atom. The smallest absolute Gasteiger partial charge is 0.331 e. The van der Waals surface area contributed by atoms with Crippen molar-refractivity contribution in [2.45, 2.75) is 12.8 Å². The molecule has 0 amide bonds. The van der Waals surface area contributed by atoms with Crippen LogP contribution in [0, 0.1) is 0 Å². The van der Waals surface area contributed by atoms with E-state index in [1.165, 1.54) is 0 Å². The predicted octanol–water partition coefficient (Wildman–Crippen LogP) is -0.145. The average molecular weight is 174 g/mol. The zero-order valence-corrected chi connectivity index (χ0v) is 6.36. The molecule has 5 heteroatoms. The van der Waals surface area contributed by atoms with Crippen LogP contribution in [-0.4, -0.2) is 33.9 Å². The number of rotatable bonds is 5. The van der Waals surface area contributed by atoms with Gasteiger partial charge in [-0.2, -0.15) is 0 Å². The second-order valence-electron chi connectivity index (χ2n) is 2.14. The normalized spacial score (nSPS) is 11.2. The summed E-state index contributed by atoms with van der Waals surface area (Å²) in [6.07, 6.45) is 0.960. The van der Waals surface area contributed by atoms with Crippen LogP contribution in [-0.2, 0) is 9.59 Å². The molecule has 0 unspecified atom stereocenters. The van der Waals surface area contributed by atoms with Crippen molar-refractivity contribution in [1.82, 2.24) is 0 Å². The standard InChI is InChI=1S/C7H10O5/c8-3-1-2-5(7(11)12)4-6(9)10/h4,8H,1-3H2,(H,9,10)(H,11,12). The van der Waals surface area contributed by atoms with E-state index in [0.29, 0.717) is 6.08 Å². The number of carbonyl (C=O) groups is 2. The molecule has 0 heterocycles. The number of carboxylic acid groups (broad SMARTS) is 2. The van der Waals surface area contributed by atoms with E-state index in [2.05, 4.69) is 0 Å². The van der Waals surface area contributed by atoms with E-state index in [4.69, 9.17) is 15.3 Å². The van der Waals surface area contributed by atoms with Crippen LogP contribution in [0.15, 0.2) is 11.6 Å². The molecular weight excluding hydrogens is 164 g/mol. The highest BCUT2D eigenvalue weighted by molar-refractivity contribution is 5.94. The Kier molecular flexibility index (Phi) is 4.71. The van der Waals surface area contributed by atoms with Crippen molar-refractivity contribution in [3.8, 4) is 0 Å². The molecule has 3 N–H and O–H groups in total. The van der Waals surface area contributed by atoms with Crippen molar-refractivity contribution in [3.63, 3.8) is 0 Å². The lowest BCUT2D eigenvalue weighted by atomic mass is 10.1. The summed E-state index contributed by atoms with van der Waals surface area (Å²) in [4.78, 5) is 20.4. The summed E-state index contributed by atoms with van der Waals surface area (Å²) in [5.41, 5.74) is -0.198. The van der Waals surface area contributed by atoms with Crippen molar-refractivity contribution < 1.29 is 24.9 Å². The van der Waals surface area contributed by atoms with E-state index in [1.807, 2.05) is 0 Å². The Hall–Kier alpha value is -1.36. The number of carboxylic acids is 2. The number of hydrogen-bond donors (Lipinski definition) is 3. The Bertz CT molecular complexity index is 206. The molecule has 12 heavy (non-hydrogen) atoms. The Morgan fingerprint density at radius 3 is 2.17 bits per heavy atom. The highest BCUT2D eigenvalue weighted by Gasteiger charge is 2.08. The molecule has 0 aromatic carbocycles. The summed E-state index contributed by atoms with van der Waals surface area (Å²) in [6.45, 7) is -0.149. The molecule has 0 fully saturated rings. The third kappa shape index (κ3) is 4.45. The molecule has 0 aromatic rings. The van der Waals surface area contributed by atoms with Gasteiger partial charge >= 0.3 is 11.9 Å². The van der Waals surface area contributed by atoms with Crippen LogP contribution in [0.4, 0.5) is 0 Å². The lowest BCUT2D eigenvalue weighted by Gasteiger charge is -1.97.